The van der Waals surface area contributed by atoms with Gasteiger partial charge in [-0.1, -0.05) is 30.7 Å². The second-order valence-electron chi connectivity index (χ2n) is 7.95. The van der Waals surface area contributed by atoms with Gasteiger partial charge in [0.25, 0.3) is 0 Å². The number of hydrogen-bond acceptors (Lipinski definition) is 3. The molecule has 0 aliphatic carbocycles. The third-order valence-corrected chi connectivity index (χ3v) is 5.93. The van der Waals surface area contributed by atoms with Crippen LogP contribution in [-0.4, -0.2) is 24.0 Å². The SMILES string of the molecule is CC1CCN(c2nc(C(F)(F)F)ccc2CNC(=O)C(C)c2ccc(F)cc2Cl)CC1. The van der Waals surface area contributed by atoms with E-state index < -0.39 is 23.6 Å². The van der Waals surface area contributed by atoms with Crippen LogP contribution in [-0.2, 0) is 17.5 Å². The fourth-order valence-corrected chi connectivity index (χ4v) is 3.93. The zero-order valence-electron chi connectivity index (χ0n) is 17.3. The standard InChI is InChI=1S/C22H24ClF4N3O/c1-13-7-9-30(10-8-13)20-15(3-6-19(29-20)22(25,26)27)12-28-21(31)14(2)17-5-4-16(24)11-18(17)23/h3-6,11,13-14H,7-10,12H2,1-2H3,(H,28,31). The van der Waals surface area contributed by atoms with Gasteiger partial charge in [0.15, 0.2) is 0 Å². The Balaban J connectivity index is 1.79. The van der Waals surface area contributed by atoms with Crippen molar-refractivity contribution in [3.8, 4) is 0 Å². The van der Waals surface area contributed by atoms with Gasteiger partial charge in [0.2, 0.25) is 5.91 Å². The number of amides is 1. The number of alkyl halides is 3. The second-order valence-corrected chi connectivity index (χ2v) is 8.36. The minimum absolute atomic E-state index is 0.0223. The molecule has 2 heterocycles. The molecule has 0 spiro atoms. The number of nitrogens with zero attached hydrogens (tertiary/aromatic N) is 2. The van der Waals surface area contributed by atoms with Gasteiger partial charge in [0.05, 0.1) is 5.92 Å². The maximum Gasteiger partial charge on any atom is 0.433 e. The summed E-state index contributed by atoms with van der Waals surface area (Å²) < 4.78 is 52.9. The molecular weight excluding hydrogens is 434 g/mol. The molecule has 3 rings (SSSR count). The fourth-order valence-electron chi connectivity index (χ4n) is 3.60. The van der Waals surface area contributed by atoms with Crippen LogP contribution in [0, 0.1) is 11.7 Å². The number of carbonyl (C=O) groups is 1. The summed E-state index contributed by atoms with van der Waals surface area (Å²) in [4.78, 5) is 18.4. The number of halogens is 5. The maximum absolute atomic E-state index is 13.3. The van der Waals surface area contributed by atoms with E-state index in [1.807, 2.05) is 4.90 Å². The quantitative estimate of drug-likeness (QED) is 0.599. The fraction of sp³-hybridized carbons (Fsp3) is 0.455. The van der Waals surface area contributed by atoms with E-state index in [4.69, 9.17) is 11.6 Å². The van der Waals surface area contributed by atoms with E-state index in [0.717, 1.165) is 25.0 Å². The van der Waals surface area contributed by atoms with Crippen LogP contribution >= 0.6 is 11.6 Å². The van der Waals surface area contributed by atoms with Crippen LogP contribution in [0.25, 0.3) is 0 Å². The topological polar surface area (TPSA) is 45.2 Å². The monoisotopic (exact) mass is 457 g/mol. The smallest absolute Gasteiger partial charge is 0.356 e. The molecule has 9 heteroatoms. The zero-order valence-corrected chi connectivity index (χ0v) is 18.0. The highest BCUT2D eigenvalue weighted by atomic mass is 35.5. The number of benzene rings is 1. The third kappa shape index (κ3) is 5.67. The number of hydrogen-bond donors (Lipinski definition) is 1. The summed E-state index contributed by atoms with van der Waals surface area (Å²) in [6.07, 6.45) is -2.82. The Kier molecular flexibility index (Phi) is 7.09. The number of piperidine rings is 1. The molecule has 1 aliphatic heterocycles. The van der Waals surface area contributed by atoms with E-state index in [1.165, 1.54) is 18.2 Å². The van der Waals surface area contributed by atoms with E-state index in [0.29, 0.717) is 30.1 Å². The predicted molar refractivity (Wildman–Crippen MR) is 112 cm³/mol. The van der Waals surface area contributed by atoms with Crippen molar-refractivity contribution < 1.29 is 22.4 Å². The lowest BCUT2D eigenvalue weighted by molar-refractivity contribution is -0.141. The Bertz CT molecular complexity index is 943. The van der Waals surface area contributed by atoms with E-state index in [2.05, 4.69) is 17.2 Å². The molecule has 0 saturated carbocycles. The number of pyridine rings is 1. The maximum atomic E-state index is 13.3. The lowest BCUT2D eigenvalue weighted by atomic mass is 9.98. The highest BCUT2D eigenvalue weighted by Gasteiger charge is 2.34. The summed E-state index contributed by atoms with van der Waals surface area (Å²) in [6, 6.07) is 6.09. The van der Waals surface area contributed by atoms with E-state index in [9.17, 15) is 22.4 Å². The van der Waals surface area contributed by atoms with Crippen LogP contribution in [0.5, 0.6) is 0 Å². The minimum atomic E-state index is -4.55. The first-order chi connectivity index (χ1) is 14.6. The molecule has 1 atom stereocenters. The van der Waals surface area contributed by atoms with Crippen LogP contribution in [0.2, 0.25) is 5.02 Å². The average Bonchev–Trinajstić information content (AvgIpc) is 2.71. The number of anilines is 1. The summed E-state index contributed by atoms with van der Waals surface area (Å²) >= 11 is 6.04. The molecule has 1 N–H and O–H groups in total. The molecule has 4 nitrogen and oxygen atoms in total. The molecule has 0 radical (unpaired) electrons. The molecular formula is C22H24ClF4N3O. The Hall–Kier alpha value is -2.35. The van der Waals surface area contributed by atoms with Gasteiger partial charge in [-0.05, 0) is 49.4 Å². The second kappa shape index (κ2) is 9.42. The molecule has 1 unspecified atom stereocenters. The average molecular weight is 458 g/mol. The van der Waals surface area contributed by atoms with Gasteiger partial charge in [-0.15, -0.1) is 0 Å². The molecule has 1 aromatic carbocycles. The van der Waals surface area contributed by atoms with E-state index >= 15 is 0 Å². The number of aromatic nitrogens is 1. The normalized spacial score (nSPS) is 16.3. The van der Waals surface area contributed by atoms with Crippen LogP contribution in [0.1, 0.15) is 49.4 Å². The summed E-state index contributed by atoms with van der Waals surface area (Å²) in [5.74, 6) is -0.778. The Morgan fingerprint density at radius 3 is 2.55 bits per heavy atom. The largest absolute Gasteiger partial charge is 0.433 e. The Labute approximate surface area is 183 Å². The van der Waals surface area contributed by atoms with Gasteiger partial charge in [0, 0.05) is 30.2 Å². The molecule has 1 aromatic heterocycles. The molecule has 31 heavy (non-hydrogen) atoms. The summed E-state index contributed by atoms with van der Waals surface area (Å²) in [6.45, 7) is 4.98. The number of rotatable bonds is 5. The van der Waals surface area contributed by atoms with Crippen LogP contribution in [0.4, 0.5) is 23.4 Å². The number of nitrogens with one attached hydrogen (secondary N) is 1. The molecule has 1 saturated heterocycles. The zero-order chi connectivity index (χ0) is 22.8. The van der Waals surface area contributed by atoms with Gasteiger partial charge >= 0.3 is 6.18 Å². The van der Waals surface area contributed by atoms with Crippen LogP contribution in [0.3, 0.4) is 0 Å². The van der Waals surface area contributed by atoms with Crippen molar-refractivity contribution >= 4 is 23.3 Å². The molecule has 168 valence electrons. The highest BCUT2D eigenvalue weighted by molar-refractivity contribution is 6.31. The van der Waals surface area contributed by atoms with Crippen molar-refractivity contribution in [1.29, 1.82) is 0 Å². The van der Waals surface area contributed by atoms with Crippen molar-refractivity contribution in [3.63, 3.8) is 0 Å². The summed E-state index contributed by atoms with van der Waals surface area (Å²) in [5.41, 5.74) is 0.0207. The first-order valence-corrected chi connectivity index (χ1v) is 10.5. The molecule has 0 bridgehead atoms. The van der Waals surface area contributed by atoms with Crippen LogP contribution < -0.4 is 10.2 Å². The lowest BCUT2D eigenvalue weighted by Crippen LogP contribution is -2.35. The van der Waals surface area contributed by atoms with Gasteiger partial charge in [-0.2, -0.15) is 13.2 Å². The molecule has 1 amide bonds. The minimum Gasteiger partial charge on any atom is -0.356 e. The van der Waals surface area contributed by atoms with E-state index in [1.54, 1.807) is 6.92 Å². The van der Waals surface area contributed by atoms with Gasteiger partial charge in [-0.25, -0.2) is 9.37 Å². The predicted octanol–water partition coefficient (Wildman–Crippen LogP) is 5.55. The molecule has 2 aromatic rings. The Morgan fingerprint density at radius 2 is 1.94 bits per heavy atom. The highest BCUT2D eigenvalue weighted by Crippen LogP contribution is 2.32. The van der Waals surface area contributed by atoms with Crippen LogP contribution in [0.15, 0.2) is 30.3 Å². The Morgan fingerprint density at radius 1 is 1.26 bits per heavy atom. The van der Waals surface area contributed by atoms with Crippen molar-refractivity contribution in [2.24, 2.45) is 5.92 Å². The number of carbonyl (C=O) groups excluding carboxylic acids is 1. The first-order valence-electron chi connectivity index (χ1n) is 10.1. The van der Waals surface area contributed by atoms with Crippen molar-refractivity contribution in [2.45, 2.75) is 45.3 Å². The van der Waals surface area contributed by atoms with Crippen molar-refractivity contribution in [3.05, 3.63) is 58.0 Å². The first kappa shape index (κ1) is 23.3. The van der Waals surface area contributed by atoms with Crippen molar-refractivity contribution in [1.82, 2.24) is 10.3 Å². The lowest BCUT2D eigenvalue weighted by Gasteiger charge is -2.33. The van der Waals surface area contributed by atoms with Crippen molar-refractivity contribution in [2.75, 3.05) is 18.0 Å². The summed E-state index contributed by atoms with van der Waals surface area (Å²) in [5, 5.41) is 2.89. The molecule has 1 fully saturated rings. The van der Waals surface area contributed by atoms with E-state index in [-0.39, 0.29) is 23.3 Å². The van der Waals surface area contributed by atoms with Gasteiger partial charge in [-0.3, -0.25) is 4.79 Å². The third-order valence-electron chi connectivity index (χ3n) is 5.60. The van der Waals surface area contributed by atoms with Gasteiger partial charge in [0.1, 0.15) is 17.3 Å². The molecule has 1 aliphatic rings. The van der Waals surface area contributed by atoms with Gasteiger partial charge < -0.3 is 10.2 Å². The summed E-state index contributed by atoms with van der Waals surface area (Å²) in [7, 11) is 0.